The van der Waals surface area contributed by atoms with Gasteiger partial charge in [0.2, 0.25) is 0 Å². The summed E-state index contributed by atoms with van der Waals surface area (Å²) in [6.45, 7) is 0. The molecule has 0 aliphatic carbocycles. The van der Waals surface area contributed by atoms with Gasteiger partial charge < -0.3 is 5.32 Å². The van der Waals surface area contributed by atoms with E-state index in [1.54, 1.807) is 12.1 Å². The van der Waals surface area contributed by atoms with Crippen LogP contribution in [0.3, 0.4) is 0 Å². The van der Waals surface area contributed by atoms with Crippen LogP contribution < -0.4 is 5.32 Å². The van der Waals surface area contributed by atoms with Crippen LogP contribution in [-0.2, 0) is 9.84 Å². The third kappa shape index (κ3) is 2.80. The molecule has 1 aliphatic rings. The van der Waals surface area contributed by atoms with E-state index < -0.39 is 27.6 Å². The van der Waals surface area contributed by atoms with Gasteiger partial charge in [0, 0.05) is 13.3 Å². The van der Waals surface area contributed by atoms with E-state index in [0.29, 0.717) is 0 Å². The minimum atomic E-state index is -3.60. The van der Waals surface area contributed by atoms with Crippen molar-refractivity contribution in [3.8, 4) is 0 Å². The Morgan fingerprint density at radius 3 is 2.36 bits per heavy atom. The van der Waals surface area contributed by atoms with Crippen molar-refractivity contribution in [1.29, 1.82) is 0 Å². The summed E-state index contributed by atoms with van der Waals surface area (Å²) in [6.07, 6.45) is 1.01. The van der Waals surface area contributed by atoms with Gasteiger partial charge in [-0.1, -0.05) is 18.2 Å². The third-order valence-corrected chi connectivity index (χ3v) is 5.05. The Bertz CT molecular complexity index is 1030. The number of anilines is 1. The Kier molecular flexibility index (Phi) is 3.92. The second kappa shape index (κ2) is 5.82. The van der Waals surface area contributed by atoms with Gasteiger partial charge in [-0.2, -0.15) is 0 Å². The largest absolute Gasteiger partial charge is 0.321 e. The number of sulfone groups is 1. The molecule has 0 radical (unpaired) electrons. The van der Waals surface area contributed by atoms with Gasteiger partial charge in [0.15, 0.2) is 9.84 Å². The predicted octanol–water partition coefficient (Wildman–Crippen LogP) is 1.57. The maximum Gasteiger partial charge on any atom is 0.263 e. The molecule has 2 aromatic carbocycles. The Balaban J connectivity index is 2.03. The Hall–Kier alpha value is -3.00. The fourth-order valence-corrected chi connectivity index (χ4v) is 3.56. The third-order valence-electron chi connectivity index (χ3n) is 3.90. The molecule has 0 saturated heterocycles. The summed E-state index contributed by atoms with van der Waals surface area (Å²) in [4.78, 5) is 37.7. The molecule has 3 rings (SSSR count). The van der Waals surface area contributed by atoms with Crippen LogP contribution in [0.4, 0.5) is 5.69 Å². The van der Waals surface area contributed by atoms with Crippen molar-refractivity contribution >= 4 is 33.2 Å². The van der Waals surface area contributed by atoms with Crippen LogP contribution in [0.1, 0.15) is 31.1 Å². The van der Waals surface area contributed by atoms with E-state index in [1.165, 1.54) is 37.4 Å². The summed E-state index contributed by atoms with van der Waals surface area (Å²) in [5, 5.41) is 2.54. The van der Waals surface area contributed by atoms with Crippen LogP contribution in [0.15, 0.2) is 47.4 Å². The van der Waals surface area contributed by atoms with Crippen LogP contribution in [0.2, 0.25) is 0 Å². The van der Waals surface area contributed by atoms with Crippen molar-refractivity contribution in [2.75, 3.05) is 18.6 Å². The molecule has 0 spiro atoms. The number of amides is 3. The number of imide groups is 1. The number of nitrogens with one attached hydrogen (secondary N) is 1. The highest BCUT2D eigenvalue weighted by atomic mass is 32.2. The number of carbonyl (C=O) groups excluding carboxylic acids is 3. The summed E-state index contributed by atoms with van der Waals surface area (Å²) in [7, 11) is -2.24. The molecule has 1 aliphatic heterocycles. The van der Waals surface area contributed by atoms with Crippen molar-refractivity contribution in [3.05, 3.63) is 59.2 Å². The van der Waals surface area contributed by atoms with Crippen LogP contribution in [0.5, 0.6) is 0 Å². The van der Waals surface area contributed by atoms with Gasteiger partial charge in [0.1, 0.15) is 0 Å². The zero-order chi connectivity index (χ0) is 18.4. The lowest BCUT2D eigenvalue weighted by atomic mass is 10.1. The number of hydrogen-bond acceptors (Lipinski definition) is 5. The van der Waals surface area contributed by atoms with E-state index in [4.69, 9.17) is 0 Å². The number of nitrogens with zero attached hydrogens (tertiary/aromatic N) is 1. The van der Waals surface area contributed by atoms with Crippen LogP contribution in [0.25, 0.3) is 0 Å². The highest BCUT2D eigenvalue weighted by Crippen LogP contribution is 2.29. The molecule has 0 unspecified atom stereocenters. The lowest BCUT2D eigenvalue weighted by Crippen LogP contribution is -2.24. The number of rotatable bonds is 3. The first-order chi connectivity index (χ1) is 11.7. The number of carbonyl (C=O) groups is 3. The fraction of sp³-hybridized carbons (Fsp3) is 0.118. The quantitative estimate of drug-likeness (QED) is 0.840. The molecular formula is C17H14N2O5S. The molecule has 7 nitrogen and oxygen atoms in total. The molecule has 1 heterocycles. The molecule has 2 aromatic rings. The molecule has 25 heavy (non-hydrogen) atoms. The van der Waals surface area contributed by atoms with E-state index in [0.717, 1.165) is 11.2 Å². The Morgan fingerprint density at radius 2 is 1.68 bits per heavy atom. The van der Waals surface area contributed by atoms with Crippen LogP contribution in [0, 0.1) is 0 Å². The predicted molar refractivity (Wildman–Crippen MR) is 90.4 cm³/mol. The van der Waals surface area contributed by atoms with E-state index >= 15 is 0 Å². The minimum absolute atomic E-state index is 0.0345. The van der Waals surface area contributed by atoms with Crippen molar-refractivity contribution < 1.29 is 22.8 Å². The lowest BCUT2D eigenvalue weighted by Gasteiger charge is -2.11. The Labute approximate surface area is 144 Å². The molecule has 3 amide bonds. The molecule has 0 saturated carbocycles. The zero-order valence-corrected chi connectivity index (χ0v) is 14.3. The molecule has 0 fully saturated rings. The summed E-state index contributed by atoms with van der Waals surface area (Å²) in [6, 6.07) is 10.3. The van der Waals surface area contributed by atoms with E-state index in [1.807, 2.05) is 0 Å². The van der Waals surface area contributed by atoms with Gasteiger partial charge in [-0.05, 0) is 24.3 Å². The van der Waals surface area contributed by atoms with Gasteiger partial charge in [-0.15, -0.1) is 0 Å². The molecule has 0 atom stereocenters. The van der Waals surface area contributed by atoms with Gasteiger partial charge in [0.05, 0.1) is 27.3 Å². The highest BCUT2D eigenvalue weighted by molar-refractivity contribution is 7.90. The summed E-state index contributed by atoms with van der Waals surface area (Å²) in [5.41, 5.74) is 0.420. The fourth-order valence-electron chi connectivity index (χ4n) is 2.67. The minimum Gasteiger partial charge on any atom is -0.321 e. The molecule has 1 N–H and O–H groups in total. The van der Waals surface area contributed by atoms with Crippen LogP contribution >= 0.6 is 0 Å². The smallest absolute Gasteiger partial charge is 0.263 e. The second-order valence-electron chi connectivity index (χ2n) is 5.62. The maximum absolute atomic E-state index is 12.6. The molecule has 128 valence electrons. The average molecular weight is 358 g/mol. The first-order valence-electron chi connectivity index (χ1n) is 7.27. The Morgan fingerprint density at radius 1 is 1.00 bits per heavy atom. The van der Waals surface area contributed by atoms with Gasteiger partial charge in [0.25, 0.3) is 17.7 Å². The first kappa shape index (κ1) is 16.8. The van der Waals surface area contributed by atoms with E-state index in [2.05, 4.69) is 5.32 Å². The molecule has 0 bridgehead atoms. The number of fused-ring (bicyclic) bond motifs is 1. The first-order valence-corrected chi connectivity index (χ1v) is 9.17. The lowest BCUT2D eigenvalue weighted by molar-refractivity contribution is 0.0693. The summed E-state index contributed by atoms with van der Waals surface area (Å²) >= 11 is 0. The molecule has 0 aromatic heterocycles. The van der Waals surface area contributed by atoms with Crippen molar-refractivity contribution in [1.82, 2.24) is 4.90 Å². The summed E-state index contributed by atoms with van der Waals surface area (Å²) in [5.74, 6) is -1.65. The molecular weight excluding hydrogens is 344 g/mol. The standard InChI is InChI=1S/C17H14N2O5S/c1-19-16(21)11-7-5-8-12(14(11)17(19)22)18-15(20)10-6-3-4-9-13(10)25(2,23)24/h3-9H,1-2H3,(H,18,20). The maximum atomic E-state index is 12.6. The van der Waals surface area contributed by atoms with Gasteiger partial charge in [-0.25, -0.2) is 8.42 Å². The van der Waals surface area contributed by atoms with E-state index in [9.17, 15) is 22.8 Å². The normalized spacial score (nSPS) is 13.8. The number of hydrogen-bond donors (Lipinski definition) is 1. The topological polar surface area (TPSA) is 101 Å². The average Bonchev–Trinajstić information content (AvgIpc) is 2.79. The number of benzene rings is 2. The molecule has 8 heteroatoms. The van der Waals surface area contributed by atoms with E-state index in [-0.39, 0.29) is 27.3 Å². The second-order valence-corrected chi connectivity index (χ2v) is 7.60. The highest BCUT2D eigenvalue weighted by Gasteiger charge is 2.35. The zero-order valence-electron chi connectivity index (χ0n) is 13.4. The van der Waals surface area contributed by atoms with Crippen molar-refractivity contribution in [3.63, 3.8) is 0 Å². The van der Waals surface area contributed by atoms with Gasteiger partial charge in [-0.3, -0.25) is 19.3 Å². The van der Waals surface area contributed by atoms with Gasteiger partial charge >= 0.3 is 0 Å². The summed E-state index contributed by atoms with van der Waals surface area (Å²) < 4.78 is 23.7. The monoisotopic (exact) mass is 358 g/mol. The van der Waals surface area contributed by atoms with Crippen molar-refractivity contribution in [2.45, 2.75) is 4.90 Å². The van der Waals surface area contributed by atoms with Crippen LogP contribution in [-0.4, -0.2) is 44.3 Å². The SMILES string of the molecule is CN1C(=O)c2cccc(NC(=O)c3ccccc3S(C)(=O)=O)c2C1=O. The van der Waals surface area contributed by atoms with Crippen molar-refractivity contribution in [2.24, 2.45) is 0 Å².